The maximum Gasteiger partial charge on any atom is 0.344 e. The molecular formula is C22H24N2O6. The quantitative estimate of drug-likeness (QED) is 0.572. The Morgan fingerprint density at radius 1 is 1.27 bits per heavy atom. The first-order valence-corrected chi connectivity index (χ1v) is 9.92. The summed E-state index contributed by atoms with van der Waals surface area (Å²) in [5, 5.41) is 13.0. The summed E-state index contributed by atoms with van der Waals surface area (Å²) in [6.07, 6.45) is 2.93. The van der Waals surface area contributed by atoms with Gasteiger partial charge in [0.1, 0.15) is 16.9 Å². The molecule has 0 spiro atoms. The number of fused-ring (bicyclic) bond motifs is 1. The molecule has 158 valence electrons. The summed E-state index contributed by atoms with van der Waals surface area (Å²) in [5.74, 6) is -0.899. The molecule has 1 fully saturated rings. The van der Waals surface area contributed by atoms with Crippen molar-refractivity contribution in [1.29, 1.82) is 5.26 Å². The molecule has 8 heteroatoms. The van der Waals surface area contributed by atoms with Crippen LogP contribution < -0.4 is 15.7 Å². The highest BCUT2D eigenvalue weighted by atomic mass is 16.6. The second-order valence-electron chi connectivity index (χ2n) is 7.57. The summed E-state index contributed by atoms with van der Waals surface area (Å²) in [6, 6.07) is 8.50. The Kier molecular flexibility index (Phi) is 6.40. The molecule has 1 aliphatic rings. The third-order valence-electron chi connectivity index (χ3n) is 5.24. The lowest BCUT2D eigenvalue weighted by Gasteiger charge is -2.32. The number of carbonyl (C=O) groups excluding carboxylic acids is 2. The number of benzene rings is 1. The van der Waals surface area contributed by atoms with Gasteiger partial charge >= 0.3 is 11.6 Å². The third-order valence-corrected chi connectivity index (χ3v) is 5.24. The molecule has 0 saturated heterocycles. The summed E-state index contributed by atoms with van der Waals surface area (Å²) >= 11 is 0. The molecule has 30 heavy (non-hydrogen) atoms. The predicted molar refractivity (Wildman–Crippen MR) is 108 cm³/mol. The van der Waals surface area contributed by atoms with Gasteiger partial charge in [0.2, 0.25) is 0 Å². The Labute approximate surface area is 173 Å². The average molecular weight is 412 g/mol. The summed E-state index contributed by atoms with van der Waals surface area (Å²) in [6.45, 7) is 2.84. The van der Waals surface area contributed by atoms with Crippen LogP contribution in [-0.4, -0.2) is 30.1 Å². The summed E-state index contributed by atoms with van der Waals surface area (Å²) in [7, 11) is 0. The first kappa shape index (κ1) is 21.4. The second-order valence-corrected chi connectivity index (χ2v) is 7.57. The smallest absolute Gasteiger partial charge is 0.344 e. The van der Waals surface area contributed by atoms with E-state index in [1.807, 2.05) is 0 Å². The van der Waals surface area contributed by atoms with E-state index in [0.717, 1.165) is 30.2 Å². The molecule has 8 nitrogen and oxygen atoms in total. The predicted octanol–water partition coefficient (Wildman–Crippen LogP) is 2.75. The van der Waals surface area contributed by atoms with Crippen molar-refractivity contribution in [2.45, 2.75) is 57.6 Å². The highest BCUT2D eigenvalue weighted by Crippen LogP contribution is 2.27. The minimum absolute atomic E-state index is 0.330. The van der Waals surface area contributed by atoms with Crippen LogP contribution in [-0.2, 0) is 14.3 Å². The third kappa shape index (κ3) is 4.98. The van der Waals surface area contributed by atoms with Crippen molar-refractivity contribution in [3.8, 4) is 11.8 Å². The van der Waals surface area contributed by atoms with Crippen LogP contribution in [0.3, 0.4) is 0 Å². The van der Waals surface area contributed by atoms with Crippen LogP contribution in [0.1, 0.15) is 44.6 Å². The molecule has 0 radical (unpaired) electrons. The molecule has 1 atom stereocenters. The van der Waals surface area contributed by atoms with E-state index in [4.69, 9.17) is 13.9 Å². The molecule has 3 rings (SSSR count). The van der Waals surface area contributed by atoms with Crippen LogP contribution in [0.25, 0.3) is 11.0 Å². The number of nitriles is 1. The van der Waals surface area contributed by atoms with Crippen molar-refractivity contribution in [2.24, 2.45) is 0 Å². The van der Waals surface area contributed by atoms with Gasteiger partial charge in [-0.3, -0.25) is 4.79 Å². The van der Waals surface area contributed by atoms with Gasteiger partial charge in [-0.15, -0.1) is 0 Å². The summed E-state index contributed by atoms with van der Waals surface area (Å²) in [4.78, 5) is 36.0. The summed E-state index contributed by atoms with van der Waals surface area (Å²) in [5.41, 5.74) is -0.225. The van der Waals surface area contributed by atoms with Crippen LogP contribution >= 0.6 is 0 Å². The minimum Gasteiger partial charge on any atom is -0.482 e. The Morgan fingerprint density at radius 2 is 2.00 bits per heavy atom. The van der Waals surface area contributed by atoms with Gasteiger partial charge in [-0.25, -0.2) is 9.59 Å². The first-order chi connectivity index (χ1) is 14.3. The van der Waals surface area contributed by atoms with Gasteiger partial charge in [0.15, 0.2) is 12.7 Å². The molecule has 1 saturated carbocycles. The molecule has 0 aliphatic heterocycles. The van der Waals surface area contributed by atoms with Crippen molar-refractivity contribution >= 4 is 22.8 Å². The van der Waals surface area contributed by atoms with Gasteiger partial charge < -0.3 is 19.2 Å². The van der Waals surface area contributed by atoms with Crippen LogP contribution in [0, 0.1) is 18.3 Å². The van der Waals surface area contributed by atoms with E-state index in [-0.39, 0.29) is 0 Å². The molecule has 1 N–H and O–H groups in total. The minimum atomic E-state index is -1.05. The number of nitrogens with zero attached hydrogens (tertiary/aromatic N) is 1. The molecule has 1 aromatic heterocycles. The highest BCUT2D eigenvalue weighted by Gasteiger charge is 2.35. The fourth-order valence-corrected chi connectivity index (χ4v) is 3.58. The van der Waals surface area contributed by atoms with Gasteiger partial charge in [-0.1, -0.05) is 19.3 Å². The van der Waals surface area contributed by atoms with Gasteiger partial charge in [0, 0.05) is 17.5 Å². The summed E-state index contributed by atoms with van der Waals surface area (Å²) < 4.78 is 15.7. The number of hydrogen-bond acceptors (Lipinski definition) is 7. The highest BCUT2D eigenvalue weighted by molar-refractivity contribution is 5.85. The van der Waals surface area contributed by atoms with E-state index in [2.05, 4.69) is 11.4 Å². The lowest BCUT2D eigenvalue weighted by molar-refractivity contribution is -0.157. The van der Waals surface area contributed by atoms with Crippen LogP contribution in [0.15, 0.2) is 33.5 Å². The van der Waals surface area contributed by atoms with Crippen LogP contribution in [0.4, 0.5) is 0 Å². The fourth-order valence-electron chi connectivity index (χ4n) is 3.58. The number of ether oxygens (including phenoxy) is 2. The molecule has 1 aromatic carbocycles. The second kappa shape index (κ2) is 8.99. The SMILES string of the molecule is Cc1cc(=O)oc2cc(OCC(=O)O[C@H](C)C(=O)NC3(C#N)CCCCC3)ccc12. The average Bonchev–Trinajstić information content (AvgIpc) is 2.72. The van der Waals surface area contributed by atoms with Gasteiger partial charge in [0.05, 0.1) is 6.07 Å². The molecule has 1 heterocycles. The van der Waals surface area contributed by atoms with Crippen LogP contribution in [0.5, 0.6) is 5.75 Å². The number of rotatable bonds is 6. The van der Waals surface area contributed by atoms with E-state index in [9.17, 15) is 19.6 Å². The van der Waals surface area contributed by atoms with E-state index in [1.54, 1.807) is 19.1 Å². The van der Waals surface area contributed by atoms with Gasteiger partial charge in [-0.2, -0.15) is 5.26 Å². The fraction of sp³-hybridized carbons (Fsp3) is 0.455. The monoisotopic (exact) mass is 412 g/mol. The van der Waals surface area contributed by atoms with E-state index >= 15 is 0 Å². The zero-order valence-corrected chi connectivity index (χ0v) is 17.0. The first-order valence-electron chi connectivity index (χ1n) is 9.92. The van der Waals surface area contributed by atoms with E-state index in [1.165, 1.54) is 19.1 Å². The van der Waals surface area contributed by atoms with E-state index in [0.29, 0.717) is 24.2 Å². The molecule has 1 aliphatic carbocycles. The normalized spacial score (nSPS) is 16.3. The molecule has 1 amide bonds. The Balaban J connectivity index is 1.55. The lowest BCUT2D eigenvalue weighted by atomic mass is 9.83. The van der Waals surface area contributed by atoms with E-state index < -0.39 is 35.8 Å². The number of hydrogen-bond donors (Lipinski definition) is 1. The zero-order valence-electron chi connectivity index (χ0n) is 17.0. The molecule has 0 bridgehead atoms. The maximum absolute atomic E-state index is 12.4. The topological polar surface area (TPSA) is 119 Å². The number of nitrogens with one attached hydrogen (secondary N) is 1. The number of amides is 1. The largest absolute Gasteiger partial charge is 0.482 e. The van der Waals surface area contributed by atoms with Crippen molar-refractivity contribution < 1.29 is 23.5 Å². The van der Waals surface area contributed by atoms with Crippen LogP contribution in [0.2, 0.25) is 0 Å². The van der Waals surface area contributed by atoms with Gasteiger partial charge in [0.25, 0.3) is 5.91 Å². The Bertz CT molecular complexity index is 1050. The van der Waals surface area contributed by atoms with Crippen molar-refractivity contribution in [1.82, 2.24) is 5.32 Å². The van der Waals surface area contributed by atoms with Crippen molar-refractivity contribution in [3.05, 3.63) is 40.2 Å². The van der Waals surface area contributed by atoms with Crippen molar-refractivity contribution in [2.75, 3.05) is 6.61 Å². The Hall–Kier alpha value is -3.34. The maximum atomic E-state index is 12.4. The standard InChI is InChI=1S/C22H24N2O6/c1-14-10-19(25)30-18-11-16(6-7-17(14)18)28-12-20(26)29-15(2)21(27)24-22(13-23)8-4-3-5-9-22/h6-7,10-11,15H,3-5,8-9,12H2,1-2H3,(H,24,27)/t15-/m1/s1. The van der Waals surface area contributed by atoms with Gasteiger partial charge in [-0.05, 0) is 44.4 Å². The molecule has 0 unspecified atom stereocenters. The number of esters is 1. The molecular weight excluding hydrogens is 388 g/mol. The zero-order chi connectivity index (χ0) is 21.7. The Morgan fingerprint density at radius 3 is 2.70 bits per heavy atom. The number of aryl methyl sites for hydroxylation is 1. The van der Waals surface area contributed by atoms with Crippen molar-refractivity contribution in [3.63, 3.8) is 0 Å². The number of carbonyl (C=O) groups is 2. The lowest BCUT2D eigenvalue weighted by Crippen LogP contribution is -2.52. The molecule has 2 aromatic rings.